The van der Waals surface area contributed by atoms with Crippen LogP contribution in [-0.2, 0) is 0 Å². The van der Waals surface area contributed by atoms with Gasteiger partial charge in [0.25, 0.3) is 0 Å². The predicted molar refractivity (Wildman–Crippen MR) is 189 cm³/mol. The lowest BCUT2D eigenvalue weighted by atomic mass is 10.1. The highest BCUT2D eigenvalue weighted by Gasteiger charge is 2.38. The zero-order chi connectivity index (χ0) is 32.8. The van der Waals surface area contributed by atoms with Crippen LogP contribution in [0.25, 0.3) is 0 Å². The molecule has 0 spiro atoms. The Morgan fingerprint density at radius 1 is 0.467 bits per heavy atom. The van der Waals surface area contributed by atoms with Crippen molar-refractivity contribution < 1.29 is 19.6 Å². The maximum absolute atomic E-state index is 8.53. The van der Waals surface area contributed by atoms with E-state index in [2.05, 4.69) is 149 Å². The fraction of sp³-hybridized carbons (Fsp3) is 0.385. The third kappa shape index (κ3) is 14.2. The van der Waals surface area contributed by atoms with Crippen LogP contribution in [0.3, 0.4) is 0 Å². The second-order valence-electron chi connectivity index (χ2n) is 12.5. The largest absolute Gasteiger partial charge is 0.871 e. The lowest BCUT2D eigenvalue weighted by Crippen LogP contribution is -2.44. The van der Waals surface area contributed by atoms with Gasteiger partial charge in [-0.25, -0.2) is 0 Å². The summed E-state index contributed by atoms with van der Waals surface area (Å²) in [6.07, 6.45) is 14.4. The number of para-hydroxylation sites is 4. The average Bonchev–Trinajstić information content (AvgIpc) is 3.04. The van der Waals surface area contributed by atoms with Crippen LogP contribution in [-0.4, -0.2) is 44.5 Å². The fourth-order valence-electron chi connectivity index (χ4n) is 5.57. The molecule has 4 aromatic rings. The molecule has 0 radical (unpaired) electrons. The SMILES string of the molecule is CCCCCCCCCCCC[N+](C)(C)C.[O-]B([O-])O.c1ccc([N+](c2ccccc2)(c2ccccc2)c2ccccc2)cc1. The Morgan fingerprint density at radius 3 is 0.956 bits per heavy atom. The third-order valence-corrected chi connectivity index (χ3v) is 7.76. The summed E-state index contributed by atoms with van der Waals surface area (Å²) in [7, 11) is 4.19. The molecule has 0 saturated heterocycles. The second kappa shape index (κ2) is 21.5. The van der Waals surface area contributed by atoms with Crippen LogP contribution in [0.5, 0.6) is 0 Å². The topological polar surface area (TPSA) is 66.3 Å². The molecule has 0 saturated carbocycles. The highest BCUT2D eigenvalue weighted by molar-refractivity contribution is 6.26. The lowest BCUT2D eigenvalue weighted by molar-refractivity contribution is -0.870. The standard InChI is InChI=1S/C24H20N.C15H34N.BHO3/c1-5-13-21(14-6-1)25(22-15-7-2-8-16-22,23-17-9-3-10-18-23)24-19-11-4-12-20-24;1-5-6-7-8-9-10-11-12-13-14-15-16(2,3)4;2-1(3)4/h1-20H;5-15H2,1-4H3;2H/q2*+1;-2. The number of quaternary nitrogens is 2. The van der Waals surface area contributed by atoms with Crippen molar-refractivity contribution in [1.82, 2.24) is 4.48 Å². The van der Waals surface area contributed by atoms with Crippen LogP contribution in [0.2, 0.25) is 0 Å². The third-order valence-electron chi connectivity index (χ3n) is 7.76. The zero-order valence-electron chi connectivity index (χ0n) is 28.1. The Balaban J connectivity index is 0.000000305. The smallest absolute Gasteiger partial charge is 0.148 e. The molecule has 0 aliphatic carbocycles. The number of rotatable bonds is 15. The van der Waals surface area contributed by atoms with Crippen molar-refractivity contribution in [2.45, 2.75) is 71.1 Å². The molecule has 1 N–H and O–H groups in total. The number of nitrogens with zero attached hydrogens (tertiary/aromatic N) is 2. The van der Waals surface area contributed by atoms with E-state index >= 15 is 0 Å². The minimum absolute atomic E-state index is 0.559. The van der Waals surface area contributed by atoms with E-state index in [4.69, 9.17) is 15.1 Å². The van der Waals surface area contributed by atoms with E-state index in [0.29, 0.717) is 4.48 Å². The van der Waals surface area contributed by atoms with E-state index in [1.807, 2.05) is 0 Å². The van der Waals surface area contributed by atoms with Crippen LogP contribution < -0.4 is 14.5 Å². The van der Waals surface area contributed by atoms with E-state index in [-0.39, 0.29) is 0 Å². The molecule has 0 unspecified atom stereocenters. The monoisotopic (exact) mass is 610 g/mol. The van der Waals surface area contributed by atoms with Gasteiger partial charge in [-0.05, 0) is 12.8 Å². The van der Waals surface area contributed by atoms with E-state index in [9.17, 15) is 0 Å². The van der Waals surface area contributed by atoms with Gasteiger partial charge < -0.3 is 19.6 Å². The van der Waals surface area contributed by atoms with Crippen LogP contribution >= 0.6 is 0 Å². The van der Waals surface area contributed by atoms with E-state index in [0.717, 1.165) is 4.48 Å². The van der Waals surface area contributed by atoms with Crippen molar-refractivity contribution in [3.8, 4) is 0 Å². The number of hydrogen-bond donors (Lipinski definition) is 1. The molecule has 4 rings (SSSR count). The molecule has 0 aliphatic rings. The molecule has 0 aromatic heterocycles. The first-order chi connectivity index (χ1) is 21.7. The molecular formula is C39H55BN2O3. The Labute approximate surface area is 273 Å². The summed E-state index contributed by atoms with van der Waals surface area (Å²) in [5.41, 5.74) is 4.86. The fourth-order valence-corrected chi connectivity index (χ4v) is 5.57. The molecule has 0 aliphatic heterocycles. The first-order valence-electron chi connectivity index (χ1n) is 16.6. The van der Waals surface area contributed by atoms with E-state index in [1.165, 1.54) is 93.5 Å². The van der Waals surface area contributed by atoms with Crippen LogP contribution in [0.1, 0.15) is 71.1 Å². The lowest BCUT2D eigenvalue weighted by Gasteiger charge is -2.37. The van der Waals surface area contributed by atoms with E-state index < -0.39 is 7.32 Å². The van der Waals surface area contributed by atoms with Crippen molar-refractivity contribution in [2.75, 3.05) is 27.7 Å². The zero-order valence-corrected chi connectivity index (χ0v) is 28.1. The van der Waals surface area contributed by atoms with Gasteiger partial charge in [-0.1, -0.05) is 131 Å². The van der Waals surface area contributed by atoms with Gasteiger partial charge in [0.1, 0.15) is 22.7 Å². The van der Waals surface area contributed by atoms with Gasteiger partial charge in [0, 0.05) is 48.5 Å². The average molecular weight is 611 g/mol. The Hall–Kier alpha value is -3.26. The number of hydrogen-bond acceptors (Lipinski definition) is 3. The number of unbranched alkanes of at least 4 members (excludes halogenated alkanes) is 9. The van der Waals surface area contributed by atoms with Gasteiger partial charge in [-0.3, -0.25) is 0 Å². The minimum Gasteiger partial charge on any atom is -0.871 e. The predicted octanol–water partition coefficient (Wildman–Crippen LogP) is 8.29. The maximum atomic E-state index is 8.53. The van der Waals surface area contributed by atoms with Gasteiger partial charge in [-0.2, -0.15) is 4.48 Å². The highest BCUT2D eigenvalue weighted by Crippen LogP contribution is 2.50. The van der Waals surface area contributed by atoms with Crippen molar-refractivity contribution in [2.24, 2.45) is 0 Å². The summed E-state index contributed by atoms with van der Waals surface area (Å²) < 4.78 is 1.68. The molecule has 4 aromatic carbocycles. The van der Waals surface area contributed by atoms with Crippen LogP contribution in [0.4, 0.5) is 22.7 Å². The molecule has 0 atom stereocenters. The van der Waals surface area contributed by atoms with Gasteiger partial charge >= 0.3 is 0 Å². The molecule has 6 heteroatoms. The van der Waals surface area contributed by atoms with Crippen LogP contribution in [0.15, 0.2) is 121 Å². The Morgan fingerprint density at radius 2 is 0.711 bits per heavy atom. The van der Waals surface area contributed by atoms with Gasteiger partial charge in [0.15, 0.2) is 0 Å². The van der Waals surface area contributed by atoms with Crippen molar-refractivity contribution in [3.05, 3.63) is 121 Å². The van der Waals surface area contributed by atoms with Crippen molar-refractivity contribution >= 4 is 30.1 Å². The van der Waals surface area contributed by atoms with Gasteiger partial charge in [0.2, 0.25) is 0 Å². The van der Waals surface area contributed by atoms with Gasteiger partial charge in [0.05, 0.1) is 35.0 Å². The first-order valence-corrected chi connectivity index (χ1v) is 16.6. The Kier molecular flexibility index (Phi) is 18.1. The Bertz CT molecular complexity index is 1080. The molecule has 0 amide bonds. The first kappa shape index (κ1) is 37.9. The van der Waals surface area contributed by atoms with Crippen LogP contribution in [0, 0.1) is 0 Å². The summed E-state index contributed by atoms with van der Waals surface area (Å²) in [6.45, 7) is 3.62. The summed E-state index contributed by atoms with van der Waals surface area (Å²) in [4.78, 5) is 0. The summed E-state index contributed by atoms with van der Waals surface area (Å²) in [6, 6.07) is 42.8. The summed E-state index contributed by atoms with van der Waals surface area (Å²) in [5, 5.41) is 24.0. The minimum atomic E-state index is -2.67. The molecular weight excluding hydrogens is 555 g/mol. The molecule has 0 fully saturated rings. The molecule has 0 bridgehead atoms. The molecule has 242 valence electrons. The maximum Gasteiger partial charge on any atom is 0.148 e. The molecule has 45 heavy (non-hydrogen) atoms. The van der Waals surface area contributed by atoms with E-state index in [1.54, 1.807) is 0 Å². The van der Waals surface area contributed by atoms with Crippen molar-refractivity contribution in [3.63, 3.8) is 0 Å². The quantitative estimate of drug-likeness (QED) is 0.0837. The second-order valence-corrected chi connectivity index (χ2v) is 12.5. The molecule has 0 heterocycles. The molecule has 5 nitrogen and oxygen atoms in total. The summed E-state index contributed by atoms with van der Waals surface area (Å²) in [5.74, 6) is 0. The van der Waals surface area contributed by atoms with Crippen molar-refractivity contribution in [1.29, 1.82) is 0 Å². The summed E-state index contributed by atoms with van der Waals surface area (Å²) >= 11 is 0. The number of benzene rings is 4. The normalized spacial score (nSPS) is 11.1. The highest BCUT2D eigenvalue weighted by atomic mass is 16.5. The van der Waals surface area contributed by atoms with Gasteiger partial charge in [-0.15, -0.1) is 0 Å².